The average Bonchev–Trinajstić information content (AvgIpc) is 3.06. The summed E-state index contributed by atoms with van der Waals surface area (Å²) in [5, 5.41) is 15.8. The Labute approximate surface area is 142 Å². The molecule has 126 valence electrons. The zero-order chi connectivity index (χ0) is 17.4. The van der Waals surface area contributed by atoms with Gasteiger partial charge in [-0.3, -0.25) is 10.1 Å². The number of ether oxygens (including phenoxy) is 1. The third-order valence-corrected chi connectivity index (χ3v) is 3.84. The van der Waals surface area contributed by atoms with Crippen LogP contribution >= 0.6 is 11.3 Å². The summed E-state index contributed by atoms with van der Waals surface area (Å²) in [4.78, 5) is 35.9. The molecule has 0 saturated carbocycles. The van der Waals surface area contributed by atoms with Crippen LogP contribution in [-0.2, 0) is 16.0 Å². The summed E-state index contributed by atoms with van der Waals surface area (Å²) in [6.07, 6.45) is 0.672. The van der Waals surface area contributed by atoms with E-state index < -0.39 is 24.5 Å². The van der Waals surface area contributed by atoms with Gasteiger partial charge in [-0.2, -0.15) is 0 Å². The van der Waals surface area contributed by atoms with E-state index in [2.05, 4.69) is 10.6 Å². The SMILES string of the molecule is O=C(COC(=O)c1cccc(O)c1)NC(=O)NCCc1cccs1. The van der Waals surface area contributed by atoms with Gasteiger partial charge in [0, 0.05) is 11.4 Å². The van der Waals surface area contributed by atoms with E-state index in [-0.39, 0.29) is 11.3 Å². The molecule has 0 fully saturated rings. The first-order chi connectivity index (χ1) is 11.5. The van der Waals surface area contributed by atoms with E-state index in [0.29, 0.717) is 13.0 Å². The quantitative estimate of drug-likeness (QED) is 0.689. The van der Waals surface area contributed by atoms with E-state index >= 15 is 0 Å². The number of rotatable bonds is 6. The summed E-state index contributed by atoms with van der Waals surface area (Å²) in [6, 6.07) is 8.77. The van der Waals surface area contributed by atoms with Gasteiger partial charge in [0.1, 0.15) is 5.75 Å². The van der Waals surface area contributed by atoms with Crippen molar-refractivity contribution in [1.29, 1.82) is 0 Å². The number of phenols is 1. The van der Waals surface area contributed by atoms with Gasteiger partial charge in [0.15, 0.2) is 6.61 Å². The predicted octanol–water partition coefficient (Wildman–Crippen LogP) is 1.68. The van der Waals surface area contributed by atoms with Gasteiger partial charge in [-0.25, -0.2) is 9.59 Å². The van der Waals surface area contributed by atoms with Gasteiger partial charge in [0.25, 0.3) is 5.91 Å². The summed E-state index contributed by atoms with van der Waals surface area (Å²) in [6.45, 7) is -0.199. The van der Waals surface area contributed by atoms with Crippen LogP contribution in [-0.4, -0.2) is 36.2 Å². The Morgan fingerprint density at radius 3 is 2.71 bits per heavy atom. The van der Waals surface area contributed by atoms with E-state index in [1.165, 1.54) is 24.3 Å². The van der Waals surface area contributed by atoms with Gasteiger partial charge in [0.2, 0.25) is 0 Å². The monoisotopic (exact) mass is 348 g/mol. The van der Waals surface area contributed by atoms with Crippen LogP contribution < -0.4 is 10.6 Å². The van der Waals surface area contributed by atoms with Gasteiger partial charge in [-0.05, 0) is 36.1 Å². The molecule has 0 bridgehead atoms. The second-order valence-electron chi connectivity index (χ2n) is 4.76. The Morgan fingerprint density at radius 2 is 2.00 bits per heavy atom. The van der Waals surface area contributed by atoms with Crippen molar-refractivity contribution in [1.82, 2.24) is 10.6 Å². The predicted molar refractivity (Wildman–Crippen MR) is 88.0 cm³/mol. The van der Waals surface area contributed by atoms with Crippen LogP contribution in [0, 0.1) is 0 Å². The molecule has 0 atom stereocenters. The molecule has 0 radical (unpaired) electrons. The highest BCUT2D eigenvalue weighted by molar-refractivity contribution is 7.09. The van der Waals surface area contributed by atoms with Gasteiger partial charge in [0.05, 0.1) is 5.56 Å². The molecular weight excluding hydrogens is 332 g/mol. The van der Waals surface area contributed by atoms with Crippen LogP contribution in [0.4, 0.5) is 4.79 Å². The largest absolute Gasteiger partial charge is 0.508 e. The molecule has 7 nitrogen and oxygen atoms in total. The maximum absolute atomic E-state index is 11.7. The fourth-order valence-corrected chi connectivity index (χ4v) is 2.52. The van der Waals surface area contributed by atoms with Crippen LogP contribution in [0.25, 0.3) is 0 Å². The molecule has 0 aliphatic carbocycles. The molecule has 8 heteroatoms. The molecule has 2 rings (SSSR count). The van der Waals surface area contributed by atoms with E-state index in [1.807, 2.05) is 17.5 Å². The lowest BCUT2D eigenvalue weighted by Gasteiger charge is -2.07. The minimum absolute atomic E-state index is 0.0842. The molecule has 1 aromatic carbocycles. The molecule has 0 aliphatic rings. The Balaban J connectivity index is 1.67. The summed E-state index contributed by atoms with van der Waals surface area (Å²) < 4.78 is 4.77. The third kappa shape index (κ3) is 5.73. The summed E-state index contributed by atoms with van der Waals surface area (Å²) in [5.74, 6) is -1.59. The minimum Gasteiger partial charge on any atom is -0.508 e. The summed E-state index contributed by atoms with van der Waals surface area (Å²) in [7, 11) is 0. The fourth-order valence-electron chi connectivity index (χ4n) is 1.81. The zero-order valence-corrected chi connectivity index (χ0v) is 13.5. The van der Waals surface area contributed by atoms with E-state index in [4.69, 9.17) is 4.74 Å². The van der Waals surface area contributed by atoms with Gasteiger partial charge >= 0.3 is 12.0 Å². The summed E-state index contributed by atoms with van der Waals surface area (Å²) in [5.41, 5.74) is 0.114. The maximum atomic E-state index is 11.7. The van der Waals surface area contributed by atoms with Crippen LogP contribution in [0.3, 0.4) is 0 Å². The number of amides is 3. The number of imide groups is 1. The van der Waals surface area contributed by atoms with Crippen molar-refractivity contribution in [2.24, 2.45) is 0 Å². The van der Waals surface area contributed by atoms with E-state index in [1.54, 1.807) is 11.3 Å². The summed E-state index contributed by atoms with van der Waals surface area (Å²) >= 11 is 1.58. The number of nitrogens with one attached hydrogen (secondary N) is 2. The fraction of sp³-hybridized carbons (Fsp3) is 0.188. The number of benzene rings is 1. The van der Waals surface area contributed by atoms with E-state index in [9.17, 15) is 19.5 Å². The van der Waals surface area contributed by atoms with Crippen molar-refractivity contribution in [3.63, 3.8) is 0 Å². The molecule has 2 aromatic rings. The molecule has 0 saturated heterocycles. The van der Waals surface area contributed by atoms with Crippen LogP contribution in [0.15, 0.2) is 41.8 Å². The lowest BCUT2D eigenvalue weighted by atomic mass is 10.2. The van der Waals surface area contributed by atoms with Crippen molar-refractivity contribution >= 4 is 29.2 Å². The van der Waals surface area contributed by atoms with Gasteiger partial charge in [-0.1, -0.05) is 12.1 Å². The molecule has 1 heterocycles. The molecular formula is C16H16N2O5S. The first-order valence-corrected chi connectivity index (χ1v) is 7.99. The number of urea groups is 1. The number of carbonyl (C=O) groups excluding carboxylic acids is 3. The molecule has 1 aromatic heterocycles. The van der Waals surface area contributed by atoms with Crippen LogP contribution in [0.2, 0.25) is 0 Å². The number of aromatic hydroxyl groups is 1. The molecule has 0 spiro atoms. The van der Waals surface area contributed by atoms with Crippen molar-refractivity contribution < 1.29 is 24.2 Å². The Hall–Kier alpha value is -2.87. The highest BCUT2D eigenvalue weighted by Gasteiger charge is 2.12. The Morgan fingerprint density at radius 1 is 1.17 bits per heavy atom. The first kappa shape index (κ1) is 17.5. The second kappa shape index (κ2) is 8.68. The normalized spacial score (nSPS) is 10.0. The molecule has 0 unspecified atom stereocenters. The highest BCUT2D eigenvalue weighted by atomic mass is 32.1. The number of thiophene rings is 1. The van der Waals surface area contributed by atoms with Gasteiger partial charge < -0.3 is 15.2 Å². The van der Waals surface area contributed by atoms with Gasteiger partial charge in [-0.15, -0.1) is 11.3 Å². The first-order valence-electron chi connectivity index (χ1n) is 7.11. The number of carbonyl (C=O) groups is 3. The van der Waals surface area contributed by atoms with Crippen LogP contribution in [0.1, 0.15) is 15.2 Å². The van der Waals surface area contributed by atoms with Crippen molar-refractivity contribution in [2.75, 3.05) is 13.2 Å². The standard InChI is InChI=1S/C16H16N2O5S/c19-12-4-1-3-11(9-12)15(21)23-10-14(20)18-16(22)17-7-6-13-5-2-8-24-13/h1-5,8-9,19H,6-7,10H2,(H2,17,18,20,22). The minimum atomic E-state index is -0.765. The zero-order valence-electron chi connectivity index (χ0n) is 12.7. The average molecular weight is 348 g/mol. The van der Waals surface area contributed by atoms with E-state index in [0.717, 1.165) is 4.88 Å². The molecule has 24 heavy (non-hydrogen) atoms. The molecule has 0 aliphatic heterocycles. The highest BCUT2D eigenvalue weighted by Crippen LogP contribution is 2.11. The lowest BCUT2D eigenvalue weighted by Crippen LogP contribution is -2.42. The number of hydrogen-bond acceptors (Lipinski definition) is 6. The third-order valence-electron chi connectivity index (χ3n) is 2.91. The topological polar surface area (TPSA) is 105 Å². The second-order valence-corrected chi connectivity index (χ2v) is 5.79. The lowest BCUT2D eigenvalue weighted by molar-refractivity contribution is -0.123. The van der Waals surface area contributed by atoms with Crippen LogP contribution in [0.5, 0.6) is 5.75 Å². The Kier molecular flexibility index (Phi) is 6.32. The number of phenolic OH excluding ortho intramolecular Hbond substituents is 1. The number of esters is 1. The number of hydrogen-bond donors (Lipinski definition) is 3. The van der Waals surface area contributed by atoms with Crippen molar-refractivity contribution in [3.05, 3.63) is 52.2 Å². The van der Waals surface area contributed by atoms with Crippen molar-refractivity contribution in [3.8, 4) is 5.75 Å². The Bertz CT molecular complexity index is 715. The van der Waals surface area contributed by atoms with Crippen molar-refractivity contribution in [2.45, 2.75) is 6.42 Å². The smallest absolute Gasteiger partial charge is 0.338 e. The molecule has 3 amide bonds. The molecule has 3 N–H and O–H groups in total. The maximum Gasteiger partial charge on any atom is 0.338 e.